The molecule has 1 N–H and O–H groups in total. The molecule has 25 heavy (non-hydrogen) atoms. The summed E-state index contributed by atoms with van der Waals surface area (Å²) in [5.74, 6) is -0.291. The summed E-state index contributed by atoms with van der Waals surface area (Å²) in [5, 5.41) is 7.01. The van der Waals surface area contributed by atoms with Crippen LogP contribution in [0.2, 0.25) is 0 Å². The lowest BCUT2D eigenvalue weighted by atomic mass is 10.1. The van der Waals surface area contributed by atoms with Crippen molar-refractivity contribution in [2.45, 2.75) is 52.3 Å². The third-order valence-electron chi connectivity index (χ3n) is 4.41. The number of nitrogens with zero attached hydrogens (tertiary/aromatic N) is 4. The summed E-state index contributed by atoms with van der Waals surface area (Å²) >= 11 is 0. The van der Waals surface area contributed by atoms with E-state index in [-0.39, 0.29) is 24.1 Å². The van der Waals surface area contributed by atoms with Gasteiger partial charge in [-0.15, -0.1) is 0 Å². The largest absolute Gasteiger partial charge is 0.376 e. The van der Waals surface area contributed by atoms with Crippen LogP contribution < -0.4 is 10.9 Å². The molecule has 134 valence electrons. The fourth-order valence-electron chi connectivity index (χ4n) is 2.83. The van der Waals surface area contributed by atoms with E-state index in [2.05, 4.69) is 15.4 Å². The van der Waals surface area contributed by atoms with Crippen molar-refractivity contribution in [1.82, 2.24) is 19.3 Å². The third-order valence-corrected chi connectivity index (χ3v) is 4.41. The van der Waals surface area contributed by atoms with E-state index in [9.17, 15) is 9.59 Å². The average Bonchev–Trinajstić information content (AvgIpc) is 3.03. The smallest absolute Gasteiger partial charge is 0.256 e. The number of nitrogens with one attached hydrogen (secondary N) is 1. The molecule has 8 heteroatoms. The van der Waals surface area contributed by atoms with Crippen LogP contribution in [0.25, 0.3) is 0 Å². The molecule has 3 heterocycles. The van der Waals surface area contributed by atoms with E-state index in [0.717, 1.165) is 19.4 Å². The highest BCUT2D eigenvalue weighted by molar-refractivity contribution is 5.90. The van der Waals surface area contributed by atoms with E-state index >= 15 is 0 Å². The van der Waals surface area contributed by atoms with Crippen LogP contribution in [0, 0.1) is 13.8 Å². The van der Waals surface area contributed by atoms with Crippen molar-refractivity contribution in [3.8, 4) is 0 Å². The van der Waals surface area contributed by atoms with Crippen LogP contribution in [0.5, 0.6) is 0 Å². The van der Waals surface area contributed by atoms with Crippen LogP contribution in [-0.4, -0.2) is 37.9 Å². The Kier molecular flexibility index (Phi) is 5.28. The van der Waals surface area contributed by atoms with Crippen molar-refractivity contribution in [3.05, 3.63) is 40.3 Å². The summed E-state index contributed by atoms with van der Waals surface area (Å²) in [4.78, 5) is 28.4. The molecule has 1 aliphatic heterocycles. The predicted molar refractivity (Wildman–Crippen MR) is 92.4 cm³/mol. The number of carbonyl (C=O) groups excluding carboxylic acids is 1. The van der Waals surface area contributed by atoms with Gasteiger partial charge in [0.15, 0.2) is 0 Å². The molecule has 1 amide bonds. The van der Waals surface area contributed by atoms with Gasteiger partial charge in [0.05, 0.1) is 30.9 Å². The van der Waals surface area contributed by atoms with Gasteiger partial charge in [0.1, 0.15) is 6.54 Å². The molecule has 0 saturated carbocycles. The molecule has 1 atom stereocenters. The Morgan fingerprint density at radius 2 is 2.24 bits per heavy atom. The molecule has 0 radical (unpaired) electrons. The van der Waals surface area contributed by atoms with Crippen LogP contribution in [0.1, 0.15) is 30.5 Å². The highest BCUT2D eigenvalue weighted by atomic mass is 16.5. The number of amides is 1. The molecule has 1 aliphatic rings. The number of carbonyl (C=O) groups is 1. The maximum atomic E-state index is 12.2. The third kappa shape index (κ3) is 4.33. The molecule has 2 aromatic rings. The second-order valence-electron chi connectivity index (χ2n) is 6.38. The topological polar surface area (TPSA) is 91.0 Å². The number of hydrogen-bond donors (Lipinski definition) is 1. The maximum absolute atomic E-state index is 12.2. The summed E-state index contributed by atoms with van der Waals surface area (Å²) < 4.78 is 8.77. The normalized spacial score (nSPS) is 17.4. The summed E-state index contributed by atoms with van der Waals surface area (Å²) in [6.45, 7) is 4.87. The lowest BCUT2D eigenvalue weighted by Crippen LogP contribution is -2.29. The molecule has 1 saturated heterocycles. The monoisotopic (exact) mass is 345 g/mol. The minimum absolute atomic E-state index is 0.0795. The molecule has 8 nitrogen and oxygen atoms in total. The first-order valence-corrected chi connectivity index (χ1v) is 8.49. The number of hydrogen-bond acceptors (Lipinski definition) is 5. The van der Waals surface area contributed by atoms with Crippen molar-refractivity contribution in [3.63, 3.8) is 0 Å². The second kappa shape index (κ2) is 7.60. The zero-order chi connectivity index (χ0) is 17.8. The van der Waals surface area contributed by atoms with E-state index < -0.39 is 0 Å². The Hall–Kier alpha value is -2.48. The highest BCUT2D eigenvalue weighted by Gasteiger charge is 2.15. The number of aromatic nitrogens is 4. The summed E-state index contributed by atoms with van der Waals surface area (Å²) in [6.07, 6.45) is 8.27. The van der Waals surface area contributed by atoms with E-state index in [1.165, 1.54) is 17.3 Å². The van der Waals surface area contributed by atoms with E-state index in [4.69, 9.17) is 4.74 Å². The number of ether oxygens (including phenoxy) is 1. The fraction of sp³-hybridized carbons (Fsp3) is 0.529. The average molecular weight is 345 g/mol. The maximum Gasteiger partial charge on any atom is 0.256 e. The molecule has 0 aliphatic carbocycles. The van der Waals surface area contributed by atoms with Crippen molar-refractivity contribution < 1.29 is 9.53 Å². The van der Waals surface area contributed by atoms with Gasteiger partial charge < -0.3 is 10.1 Å². The molecule has 3 rings (SSSR count). The second-order valence-corrected chi connectivity index (χ2v) is 6.38. The Morgan fingerprint density at radius 1 is 1.40 bits per heavy atom. The van der Waals surface area contributed by atoms with Gasteiger partial charge in [-0.1, -0.05) is 0 Å². The molecule has 0 aromatic carbocycles. The van der Waals surface area contributed by atoms with Crippen LogP contribution in [0.4, 0.5) is 5.69 Å². The highest BCUT2D eigenvalue weighted by Crippen LogP contribution is 2.15. The van der Waals surface area contributed by atoms with Crippen LogP contribution in [-0.2, 0) is 22.6 Å². The Morgan fingerprint density at radius 3 is 3.00 bits per heavy atom. The van der Waals surface area contributed by atoms with Crippen molar-refractivity contribution in [1.29, 1.82) is 0 Å². The molecule has 0 bridgehead atoms. The van der Waals surface area contributed by atoms with E-state index in [0.29, 0.717) is 23.5 Å². The summed E-state index contributed by atoms with van der Waals surface area (Å²) in [7, 11) is 0. The first-order valence-electron chi connectivity index (χ1n) is 8.49. The first kappa shape index (κ1) is 17.3. The van der Waals surface area contributed by atoms with Crippen molar-refractivity contribution in [2.75, 3.05) is 11.9 Å². The van der Waals surface area contributed by atoms with Gasteiger partial charge in [-0.05, 0) is 33.1 Å². The van der Waals surface area contributed by atoms with Gasteiger partial charge >= 0.3 is 0 Å². The Labute approximate surface area is 145 Å². The van der Waals surface area contributed by atoms with Crippen LogP contribution in [0.15, 0.2) is 23.5 Å². The first-order chi connectivity index (χ1) is 12.0. The SMILES string of the molecule is Cc1ncn(CC(=O)Nc2cnn(CC3CCCCO3)c2)c(=O)c1C. The molecule has 0 spiro atoms. The van der Waals surface area contributed by atoms with Crippen molar-refractivity contribution >= 4 is 11.6 Å². The molecular formula is C17H23N5O3. The lowest BCUT2D eigenvalue weighted by Gasteiger charge is -2.22. The predicted octanol–water partition coefficient (Wildman–Crippen LogP) is 1.26. The van der Waals surface area contributed by atoms with Gasteiger partial charge in [-0.25, -0.2) is 4.98 Å². The van der Waals surface area contributed by atoms with Crippen molar-refractivity contribution in [2.24, 2.45) is 0 Å². The quantitative estimate of drug-likeness (QED) is 0.881. The summed E-state index contributed by atoms with van der Waals surface area (Å²) in [5.41, 5.74) is 1.63. The minimum Gasteiger partial charge on any atom is -0.376 e. The summed E-state index contributed by atoms with van der Waals surface area (Å²) in [6, 6.07) is 0. The zero-order valence-corrected chi connectivity index (χ0v) is 14.6. The molecular weight excluding hydrogens is 322 g/mol. The van der Waals surface area contributed by atoms with E-state index in [1.54, 1.807) is 30.9 Å². The van der Waals surface area contributed by atoms with Crippen LogP contribution in [0.3, 0.4) is 0 Å². The van der Waals surface area contributed by atoms with Gasteiger partial charge in [0.2, 0.25) is 5.91 Å². The number of anilines is 1. The standard InChI is InChI=1S/C17H23N5O3/c1-12-13(2)18-11-21(17(12)24)10-16(23)20-14-7-19-22(8-14)9-15-5-3-4-6-25-15/h7-8,11,15H,3-6,9-10H2,1-2H3,(H,20,23). The number of aryl methyl sites for hydroxylation is 1. The van der Waals surface area contributed by atoms with E-state index in [1.807, 2.05) is 0 Å². The minimum atomic E-state index is -0.291. The van der Waals surface area contributed by atoms with Gasteiger partial charge in [-0.3, -0.25) is 18.8 Å². The van der Waals surface area contributed by atoms with Crippen LogP contribution >= 0.6 is 0 Å². The fourth-order valence-corrected chi connectivity index (χ4v) is 2.83. The zero-order valence-electron chi connectivity index (χ0n) is 14.6. The Balaban J connectivity index is 1.58. The van der Waals surface area contributed by atoms with Gasteiger partial charge in [0, 0.05) is 24.1 Å². The molecule has 1 fully saturated rings. The Bertz CT molecular complexity index is 805. The lowest BCUT2D eigenvalue weighted by molar-refractivity contribution is -0.116. The number of rotatable bonds is 5. The van der Waals surface area contributed by atoms with Gasteiger partial charge in [0.25, 0.3) is 5.56 Å². The molecule has 1 unspecified atom stereocenters. The van der Waals surface area contributed by atoms with Gasteiger partial charge in [-0.2, -0.15) is 5.10 Å². The molecule has 2 aromatic heterocycles.